The van der Waals surface area contributed by atoms with Gasteiger partial charge < -0.3 is 15.8 Å². The quantitative estimate of drug-likeness (QED) is 0.817. The van der Waals surface area contributed by atoms with Crippen LogP contribution in [0.2, 0.25) is 0 Å². The molecule has 1 aromatic carbocycles. The topological polar surface area (TPSA) is 89.6 Å². The summed E-state index contributed by atoms with van der Waals surface area (Å²) in [5.41, 5.74) is 6.36. The summed E-state index contributed by atoms with van der Waals surface area (Å²) in [6, 6.07) is 4.53. The van der Waals surface area contributed by atoms with Crippen LogP contribution in [0.3, 0.4) is 0 Å². The van der Waals surface area contributed by atoms with E-state index in [1.54, 1.807) is 11.4 Å². The number of nitrogens with zero attached hydrogens (tertiary/aromatic N) is 2. The minimum absolute atomic E-state index is 0.130. The Bertz CT molecular complexity index is 917. The average Bonchev–Trinajstić information content (AvgIpc) is 3.09. The molecule has 0 unspecified atom stereocenters. The number of fused-ring (bicyclic) bond motifs is 1. The fourth-order valence-corrected chi connectivity index (χ4v) is 5.16. The standard InChI is InChI=1S/C18H19FN4O2S2/c1-10-21-15(8-26-10)16(24)22-12-2-3-14(19)13(6-12)18-9-25-5-4-11(18)7-27-17(20)23-18/h2-3,6,8,11H,4-5,7,9H2,1H3,(H2,20,23)(H,22,24)/t11-,18-/m0/s1. The van der Waals surface area contributed by atoms with Gasteiger partial charge in [-0.15, -0.1) is 11.3 Å². The monoisotopic (exact) mass is 406 g/mol. The van der Waals surface area contributed by atoms with Gasteiger partial charge in [-0.3, -0.25) is 4.79 Å². The van der Waals surface area contributed by atoms with Crippen LogP contribution in [-0.2, 0) is 10.3 Å². The van der Waals surface area contributed by atoms with Crippen molar-refractivity contribution >= 4 is 39.9 Å². The van der Waals surface area contributed by atoms with E-state index in [0.29, 0.717) is 28.7 Å². The van der Waals surface area contributed by atoms with Crippen molar-refractivity contribution < 1.29 is 13.9 Å². The number of amidine groups is 1. The third-order valence-electron chi connectivity index (χ3n) is 4.89. The summed E-state index contributed by atoms with van der Waals surface area (Å²) < 4.78 is 20.5. The highest BCUT2D eigenvalue weighted by molar-refractivity contribution is 8.13. The number of thioether (sulfide) groups is 1. The number of nitrogens with one attached hydrogen (secondary N) is 1. The predicted molar refractivity (Wildman–Crippen MR) is 106 cm³/mol. The lowest BCUT2D eigenvalue weighted by atomic mass is 9.76. The molecule has 142 valence electrons. The van der Waals surface area contributed by atoms with Crippen LogP contribution in [0.4, 0.5) is 10.1 Å². The van der Waals surface area contributed by atoms with Crippen molar-refractivity contribution in [3.63, 3.8) is 0 Å². The number of hydrogen-bond acceptors (Lipinski definition) is 7. The molecule has 3 heterocycles. The number of benzene rings is 1. The first-order chi connectivity index (χ1) is 13.0. The molecule has 0 spiro atoms. The molecule has 2 atom stereocenters. The van der Waals surface area contributed by atoms with Crippen molar-refractivity contribution in [2.75, 3.05) is 24.3 Å². The highest BCUT2D eigenvalue weighted by atomic mass is 32.2. The Hall–Kier alpha value is -1.97. The highest BCUT2D eigenvalue weighted by Gasteiger charge is 2.47. The lowest BCUT2D eigenvalue weighted by Gasteiger charge is -2.43. The van der Waals surface area contributed by atoms with E-state index in [1.165, 1.54) is 35.2 Å². The number of aliphatic imine (C=N–C) groups is 1. The van der Waals surface area contributed by atoms with Crippen LogP contribution < -0.4 is 11.1 Å². The van der Waals surface area contributed by atoms with E-state index in [9.17, 15) is 9.18 Å². The van der Waals surface area contributed by atoms with Gasteiger partial charge in [0.2, 0.25) is 0 Å². The molecule has 1 saturated heterocycles. The van der Waals surface area contributed by atoms with E-state index < -0.39 is 5.54 Å². The van der Waals surface area contributed by atoms with Gasteiger partial charge in [0.1, 0.15) is 17.1 Å². The smallest absolute Gasteiger partial charge is 0.275 e. The second-order valence-electron chi connectivity index (χ2n) is 6.62. The van der Waals surface area contributed by atoms with Crippen LogP contribution in [0.15, 0.2) is 28.6 Å². The minimum Gasteiger partial charge on any atom is -0.379 e. The molecule has 1 aromatic heterocycles. The van der Waals surface area contributed by atoms with Gasteiger partial charge in [0.05, 0.1) is 11.6 Å². The Morgan fingerprint density at radius 2 is 2.33 bits per heavy atom. The number of nitrogens with two attached hydrogens (primary N) is 1. The van der Waals surface area contributed by atoms with Crippen LogP contribution in [0.5, 0.6) is 0 Å². The third kappa shape index (κ3) is 3.46. The Morgan fingerprint density at radius 1 is 1.48 bits per heavy atom. The van der Waals surface area contributed by atoms with E-state index in [1.807, 2.05) is 6.92 Å². The molecule has 27 heavy (non-hydrogen) atoms. The highest BCUT2D eigenvalue weighted by Crippen LogP contribution is 2.45. The minimum atomic E-state index is -0.852. The second kappa shape index (κ2) is 7.21. The van der Waals surface area contributed by atoms with Crippen molar-refractivity contribution in [2.24, 2.45) is 16.6 Å². The van der Waals surface area contributed by atoms with Crippen molar-refractivity contribution in [3.8, 4) is 0 Å². The average molecular weight is 407 g/mol. The summed E-state index contributed by atoms with van der Waals surface area (Å²) in [7, 11) is 0. The first kappa shape index (κ1) is 18.4. The third-order valence-corrected chi connectivity index (χ3v) is 6.62. The second-order valence-corrected chi connectivity index (χ2v) is 8.73. The zero-order valence-electron chi connectivity index (χ0n) is 14.7. The molecule has 9 heteroatoms. The molecule has 2 aliphatic rings. The number of halogens is 1. The fourth-order valence-electron chi connectivity index (χ4n) is 3.53. The van der Waals surface area contributed by atoms with E-state index in [2.05, 4.69) is 15.3 Å². The molecule has 6 nitrogen and oxygen atoms in total. The Balaban J connectivity index is 1.69. The Morgan fingerprint density at radius 3 is 3.11 bits per heavy atom. The molecule has 0 radical (unpaired) electrons. The SMILES string of the molecule is Cc1nc(C(=O)Nc2ccc(F)c([C@]34COCC[C@H]3CSC(N)=N4)c2)cs1. The van der Waals surface area contributed by atoms with Crippen molar-refractivity contribution in [2.45, 2.75) is 18.9 Å². The predicted octanol–water partition coefficient (Wildman–Crippen LogP) is 3.14. The molecule has 1 amide bonds. The normalized spacial score (nSPS) is 24.8. The molecular formula is C18H19FN4O2S2. The summed E-state index contributed by atoms with van der Waals surface area (Å²) in [5.74, 6) is 0.196. The molecule has 0 bridgehead atoms. The number of anilines is 1. The van der Waals surface area contributed by atoms with E-state index in [4.69, 9.17) is 10.5 Å². The lowest BCUT2D eigenvalue weighted by molar-refractivity contribution is 0.00304. The Kier molecular flexibility index (Phi) is 4.92. The van der Waals surface area contributed by atoms with Crippen LogP contribution in [0.25, 0.3) is 0 Å². The maximum atomic E-state index is 14.8. The zero-order valence-corrected chi connectivity index (χ0v) is 16.3. The van der Waals surface area contributed by atoms with Gasteiger partial charge in [0, 0.05) is 34.9 Å². The molecular weight excluding hydrogens is 387 g/mol. The summed E-state index contributed by atoms with van der Waals surface area (Å²) in [6.45, 7) is 2.74. The van der Waals surface area contributed by atoms with Gasteiger partial charge in [-0.25, -0.2) is 14.4 Å². The largest absolute Gasteiger partial charge is 0.379 e. The molecule has 0 aliphatic carbocycles. The van der Waals surface area contributed by atoms with Gasteiger partial charge in [-0.05, 0) is 31.5 Å². The van der Waals surface area contributed by atoms with Crippen LogP contribution >= 0.6 is 23.1 Å². The maximum absolute atomic E-state index is 14.8. The summed E-state index contributed by atoms with van der Waals surface area (Å²) in [5, 5.41) is 5.74. The number of amides is 1. The number of aryl methyl sites for hydroxylation is 1. The number of carbonyl (C=O) groups excluding carboxylic acids is 1. The number of hydrogen-bond donors (Lipinski definition) is 2. The van der Waals surface area contributed by atoms with Gasteiger partial charge >= 0.3 is 0 Å². The van der Waals surface area contributed by atoms with Crippen LogP contribution in [0, 0.1) is 18.7 Å². The van der Waals surface area contributed by atoms with Crippen LogP contribution in [-0.4, -0.2) is 35.0 Å². The zero-order chi connectivity index (χ0) is 19.0. The van der Waals surface area contributed by atoms with Crippen molar-refractivity contribution in [1.29, 1.82) is 0 Å². The molecule has 2 aliphatic heterocycles. The van der Waals surface area contributed by atoms with Gasteiger partial charge in [0.15, 0.2) is 5.17 Å². The summed E-state index contributed by atoms with van der Waals surface area (Å²) >= 11 is 2.89. The van der Waals surface area contributed by atoms with Crippen LogP contribution in [0.1, 0.15) is 27.5 Å². The van der Waals surface area contributed by atoms with Crippen molar-refractivity contribution in [1.82, 2.24) is 4.98 Å². The first-order valence-electron chi connectivity index (χ1n) is 8.57. The summed E-state index contributed by atoms with van der Waals surface area (Å²) in [6.07, 6.45) is 0.790. The maximum Gasteiger partial charge on any atom is 0.275 e. The first-order valence-corrected chi connectivity index (χ1v) is 10.4. The number of carbonyl (C=O) groups is 1. The molecule has 2 aromatic rings. The Labute approximate surface area is 164 Å². The fraction of sp³-hybridized carbons (Fsp3) is 0.389. The van der Waals surface area contributed by atoms with E-state index >= 15 is 0 Å². The van der Waals surface area contributed by atoms with Gasteiger partial charge in [-0.2, -0.15) is 0 Å². The van der Waals surface area contributed by atoms with Gasteiger partial charge in [-0.1, -0.05) is 11.8 Å². The lowest BCUT2D eigenvalue weighted by Crippen LogP contribution is -2.48. The molecule has 4 rings (SSSR count). The molecule has 3 N–H and O–H groups in total. The summed E-state index contributed by atoms with van der Waals surface area (Å²) in [4.78, 5) is 21.2. The van der Waals surface area contributed by atoms with E-state index in [-0.39, 0.29) is 24.2 Å². The number of ether oxygens (including phenoxy) is 1. The molecule has 0 saturated carbocycles. The van der Waals surface area contributed by atoms with Gasteiger partial charge in [0.25, 0.3) is 5.91 Å². The number of aromatic nitrogens is 1. The number of rotatable bonds is 3. The number of thiazole rings is 1. The van der Waals surface area contributed by atoms with E-state index in [0.717, 1.165) is 17.2 Å². The molecule has 1 fully saturated rings. The van der Waals surface area contributed by atoms with Crippen molar-refractivity contribution in [3.05, 3.63) is 45.7 Å².